The fourth-order valence-electron chi connectivity index (χ4n) is 1.98. The van der Waals surface area contributed by atoms with Crippen molar-refractivity contribution in [3.63, 3.8) is 0 Å². The van der Waals surface area contributed by atoms with Crippen LogP contribution >= 0.6 is 0 Å². The van der Waals surface area contributed by atoms with E-state index in [0.29, 0.717) is 12.1 Å². The maximum absolute atomic E-state index is 10.9. The summed E-state index contributed by atoms with van der Waals surface area (Å²) in [5, 5.41) is 23.3. The molecule has 0 aromatic heterocycles. The van der Waals surface area contributed by atoms with Crippen LogP contribution in [0.3, 0.4) is 0 Å². The van der Waals surface area contributed by atoms with Crippen molar-refractivity contribution in [3.8, 4) is 0 Å². The lowest BCUT2D eigenvalue weighted by Gasteiger charge is -2.08. The summed E-state index contributed by atoms with van der Waals surface area (Å²) in [7, 11) is 0. The van der Waals surface area contributed by atoms with Gasteiger partial charge in [0.25, 0.3) is 5.69 Å². The molecule has 0 fully saturated rings. The fourth-order valence-corrected chi connectivity index (χ4v) is 1.98. The van der Waals surface area contributed by atoms with Gasteiger partial charge in [-0.05, 0) is 12.1 Å². The molecule has 0 amide bonds. The third-order valence-corrected chi connectivity index (χ3v) is 3.03. The normalized spacial score (nSPS) is 10.7. The third kappa shape index (κ3) is 3.90. The molecule has 0 saturated carbocycles. The third-order valence-electron chi connectivity index (χ3n) is 3.03. The first-order valence-corrected chi connectivity index (χ1v) is 6.55. The molecule has 0 atom stereocenters. The summed E-state index contributed by atoms with van der Waals surface area (Å²) in [6.45, 7) is 0.486. The predicted octanol–water partition coefficient (Wildman–Crippen LogP) is 3.21. The Morgan fingerprint density at radius 2 is 1.86 bits per heavy atom. The molecule has 0 aliphatic carbocycles. The summed E-state index contributed by atoms with van der Waals surface area (Å²) in [5.74, 6) is 0. The first-order valence-electron chi connectivity index (χ1n) is 6.55. The second-order valence-corrected chi connectivity index (χ2v) is 4.41. The van der Waals surface area contributed by atoms with Crippen molar-refractivity contribution in [2.24, 2.45) is 0 Å². The monoisotopic (exact) mass is 284 g/mol. The van der Waals surface area contributed by atoms with Gasteiger partial charge in [0.05, 0.1) is 17.1 Å². The van der Waals surface area contributed by atoms with Crippen LogP contribution in [0.25, 0.3) is 6.08 Å². The van der Waals surface area contributed by atoms with Crippen LogP contribution in [0.5, 0.6) is 0 Å². The molecule has 21 heavy (non-hydrogen) atoms. The standard InChI is InChI=1S/C16H16N2O3/c19-12-14-7-1-3-9-15(14)17-11-5-8-13-6-2-4-10-16(13)18(20)21/h1-10,17,19H,11-12H2/b8-5+. The highest BCUT2D eigenvalue weighted by atomic mass is 16.6. The Kier molecular flexibility index (Phi) is 5.06. The molecule has 2 aromatic rings. The SMILES string of the molecule is O=[N+]([O-])c1ccccc1/C=C/CNc1ccccc1CO. The Morgan fingerprint density at radius 1 is 1.14 bits per heavy atom. The van der Waals surface area contributed by atoms with E-state index in [1.54, 1.807) is 24.3 Å². The zero-order valence-electron chi connectivity index (χ0n) is 11.4. The van der Waals surface area contributed by atoms with Crippen LogP contribution in [-0.2, 0) is 6.61 Å². The van der Waals surface area contributed by atoms with Gasteiger partial charge in [0, 0.05) is 23.9 Å². The number of nitrogens with one attached hydrogen (secondary N) is 1. The molecule has 0 saturated heterocycles. The van der Waals surface area contributed by atoms with E-state index >= 15 is 0 Å². The second kappa shape index (κ2) is 7.21. The summed E-state index contributed by atoms with van der Waals surface area (Å²) < 4.78 is 0. The van der Waals surface area contributed by atoms with Crippen LogP contribution in [-0.4, -0.2) is 16.6 Å². The number of benzene rings is 2. The van der Waals surface area contributed by atoms with E-state index in [0.717, 1.165) is 11.3 Å². The number of hydrogen-bond donors (Lipinski definition) is 2. The number of hydrogen-bond acceptors (Lipinski definition) is 4. The molecule has 108 valence electrons. The first-order chi connectivity index (χ1) is 10.2. The summed E-state index contributed by atoms with van der Waals surface area (Å²) in [6.07, 6.45) is 3.53. The second-order valence-electron chi connectivity index (χ2n) is 4.41. The largest absolute Gasteiger partial charge is 0.392 e. The molecule has 5 nitrogen and oxygen atoms in total. The zero-order valence-corrected chi connectivity index (χ0v) is 11.4. The Hall–Kier alpha value is -2.66. The van der Waals surface area contributed by atoms with Crippen molar-refractivity contribution in [2.45, 2.75) is 6.61 Å². The molecule has 0 aliphatic rings. The van der Waals surface area contributed by atoms with E-state index in [9.17, 15) is 15.2 Å². The summed E-state index contributed by atoms with van der Waals surface area (Å²) >= 11 is 0. The van der Waals surface area contributed by atoms with Crippen LogP contribution in [0, 0.1) is 10.1 Å². The molecular formula is C16H16N2O3. The van der Waals surface area contributed by atoms with Gasteiger partial charge >= 0.3 is 0 Å². The van der Waals surface area contributed by atoms with Gasteiger partial charge in [0.15, 0.2) is 0 Å². The molecule has 5 heteroatoms. The minimum atomic E-state index is -0.395. The molecule has 0 aliphatic heterocycles. The number of nitrogens with zero attached hydrogens (tertiary/aromatic N) is 1. The zero-order chi connectivity index (χ0) is 15.1. The van der Waals surface area contributed by atoms with Crippen molar-refractivity contribution < 1.29 is 10.0 Å². The van der Waals surface area contributed by atoms with E-state index < -0.39 is 4.92 Å². The molecule has 0 bridgehead atoms. The first kappa shape index (κ1) is 14.7. The van der Waals surface area contributed by atoms with Crippen LogP contribution in [0.4, 0.5) is 11.4 Å². The van der Waals surface area contributed by atoms with Crippen molar-refractivity contribution in [1.29, 1.82) is 0 Å². The maximum atomic E-state index is 10.9. The highest BCUT2D eigenvalue weighted by Crippen LogP contribution is 2.19. The number of nitro groups is 1. The lowest BCUT2D eigenvalue weighted by atomic mass is 10.1. The van der Waals surface area contributed by atoms with Gasteiger partial charge in [0.2, 0.25) is 0 Å². The highest BCUT2D eigenvalue weighted by molar-refractivity contribution is 5.61. The number of anilines is 1. The van der Waals surface area contributed by atoms with E-state index in [1.165, 1.54) is 6.07 Å². The number of aliphatic hydroxyl groups is 1. The van der Waals surface area contributed by atoms with Crippen LogP contribution < -0.4 is 5.32 Å². The van der Waals surface area contributed by atoms with Crippen LogP contribution in [0.1, 0.15) is 11.1 Å². The Labute approximate surface area is 122 Å². The lowest BCUT2D eigenvalue weighted by Crippen LogP contribution is -2.01. The number of nitro benzene ring substituents is 1. The van der Waals surface area contributed by atoms with E-state index in [2.05, 4.69) is 5.32 Å². The molecular weight excluding hydrogens is 268 g/mol. The minimum Gasteiger partial charge on any atom is -0.392 e. The Balaban J connectivity index is 2.02. The van der Waals surface area contributed by atoms with Crippen molar-refractivity contribution in [3.05, 3.63) is 75.8 Å². The Bertz CT molecular complexity index is 653. The highest BCUT2D eigenvalue weighted by Gasteiger charge is 2.08. The van der Waals surface area contributed by atoms with E-state index in [1.807, 2.05) is 30.3 Å². The molecule has 0 heterocycles. The number of para-hydroxylation sites is 2. The summed E-state index contributed by atoms with van der Waals surface area (Å²) in [4.78, 5) is 10.5. The predicted molar refractivity (Wildman–Crippen MR) is 83.0 cm³/mol. The Morgan fingerprint density at radius 3 is 2.62 bits per heavy atom. The lowest BCUT2D eigenvalue weighted by molar-refractivity contribution is -0.385. The summed E-state index contributed by atoms with van der Waals surface area (Å²) in [6, 6.07) is 14.1. The van der Waals surface area contributed by atoms with Gasteiger partial charge in [-0.25, -0.2) is 0 Å². The van der Waals surface area contributed by atoms with Crippen LogP contribution in [0.15, 0.2) is 54.6 Å². The molecule has 0 radical (unpaired) electrons. The van der Waals surface area contributed by atoms with Gasteiger partial charge in [-0.1, -0.05) is 42.5 Å². The molecule has 2 aromatic carbocycles. The summed E-state index contributed by atoms with van der Waals surface area (Å²) in [5.41, 5.74) is 2.33. The fraction of sp³-hybridized carbons (Fsp3) is 0.125. The van der Waals surface area contributed by atoms with Crippen molar-refractivity contribution >= 4 is 17.5 Å². The van der Waals surface area contributed by atoms with E-state index in [4.69, 9.17) is 0 Å². The minimum absolute atomic E-state index is 0.0307. The van der Waals surface area contributed by atoms with Gasteiger partial charge in [0.1, 0.15) is 0 Å². The molecule has 0 unspecified atom stereocenters. The van der Waals surface area contributed by atoms with Gasteiger partial charge in [-0.2, -0.15) is 0 Å². The van der Waals surface area contributed by atoms with Crippen LogP contribution in [0.2, 0.25) is 0 Å². The topological polar surface area (TPSA) is 75.4 Å². The molecule has 2 rings (SSSR count). The molecule has 0 spiro atoms. The van der Waals surface area contributed by atoms with Crippen molar-refractivity contribution in [1.82, 2.24) is 0 Å². The van der Waals surface area contributed by atoms with Gasteiger partial charge < -0.3 is 10.4 Å². The van der Waals surface area contributed by atoms with Gasteiger partial charge in [-0.15, -0.1) is 0 Å². The average Bonchev–Trinajstić information content (AvgIpc) is 2.52. The van der Waals surface area contributed by atoms with Crippen molar-refractivity contribution in [2.75, 3.05) is 11.9 Å². The molecule has 2 N–H and O–H groups in total. The average molecular weight is 284 g/mol. The van der Waals surface area contributed by atoms with E-state index in [-0.39, 0.29) is 12.3 Å². The smallest absolute Gasteiger partial charge is 0.276 e. The quantitative estimate of drug-likeness (QED) is 0.631. The number of rotatable bonds is 6. The van der Waals surface area contributed by atoms with Gasteiger partial charge in [-0.3, -0.25) is 10.1 Å². The number of aliphatic hydroxyl groups excluding tert-OH is 1. The maximum Gasteiger partial charge on any atom is 0.276 e.